The van der Waals surface area contributed by atoms with Gasteiger partial charge in [-0.25, -0.2) is 17.8 Å². The molecule has 0 aliphatic carbocycles. The number of hydrogen-bond acceptors (Lipinski definition) is 6. The van der Waals surface area contributed by atoms with Gasteiger partial charge in [0.2, 0.25) is 15.9 Å². The van der Waals surface area contributed by atoms with Crippen molar-refractivity contribution in [2.24, 2.45) is 0 Å². The molecule has 0 unspecified atom stereocenters. The molecule has 1 N–H and O–H groups in total. The molecule has 0 saturated carbocycles. The van der Waals surface area contributed by atoms with Crippen molar-refractivity contribution in [1.82, 2.24) is 9.29 Å². The minimum atomic E-state index is -3.25. The number of phenols is 1. The van der Waals surface area contributed by atoms with Crippen LogP contribution in [0.3, 0.4) is 0 Å². The number of aromatic nitrogens is 1. The number of phenolic OH excluding ortho intramolecular Hbond substituents is 1. The fourth-order valence-electron chi connectivity index (χ4n) is 3.26. The summed E-state index contributed by atoms with van der Waals surface area (Å²) in [6, 6.07) is 5.16. The summed E-state index contributed by atoms with van der Waals surface area (Å²) in [6.07, 6.45) is 1.18. The molecule has 2 heterocycles. The third kappa shape index (κ3) is 3.75. The van der Waals surface area contributed by atoms with Crippen LogP contribution in [0.2, 0.25) is 5.02 Å². The van der Waals surface area contributed by atoms with Crippen molar-refractivity contribution >= 4 is 38.4 Å². The number of anilines is 1. The number of nitrogens with zero attached hydrogens (tertiary/aromatic N) is 3. The first kappa shape index (κ1) is 19.9. The van der Waals surface area contributed by atoms with Crippen molar-refractivity contribution in [1.29, 1.82) is 0 Å². The first-order chi connectivity index (χ1) is 13.6. The van der Waals surface area contributed by atoms with Crippen molar-refractivity contribution < 1.29 is 26.7 Å². The Bertz CT molecular complexity index is 1180. The number of oxazole rings is 1. The van der Waals surface area contributed by atoms with Crippen LogP contribution < -0.4 is 4.90 Å². The molecule has 7 nitrogen and oxygen atoms in total. The maximum atomic E-state index is 13.6. The SMILES string of the molecule is CS(=O)(=O)N1CCN(c2cc3nc(-c4cc(O)c(F)c(F)c4)oc3cc2Cl)CC1. The first-order valence-corrected chi connectivity index (χ1v) is 10.8. The molecular formula is C18H16ClF2N3O4S. The highest BCUT2D eigenvalue weighted by molar-refractivity contribution is 7.88. The molecule has 0 radical (unpaired) electrons. The molecule has 2 aromatic carbocycles. The molecule has 0 spiro atoms. The van der Waals surface area contributed by atoms with E-state index in [0.717, 1.165) is 12.1 Å². The van der Waals surface area contributed by atoms with Gasteiger partial charge in [0.15, 0.2) is 23.0 Å². The van der Waals surface area contributed by atoms with Gasteiger partial charge in [-0.2, -0.15) is 8.70 Å². The smallest absolute Gasteiger partial charge is 0.227 e. The van der Waals surface area contributed by atoms with Crippen LogP contribution in [0.25, 0.3) is 22.6 Å². The molecule has 0 amide bonds. The number of aromatic hydroxyl groups is 1. The van der Waals surface area contributed by atoms with Crippen molar-refractivity contribution in [3.05, 3.63) is 40.9 Å². The predicted molar refractivity (Wildman–Crippen MR) is 105 cm³/mol. The van der Waals surface area contributed by atoms with E-state index in [9.17, 15) is 22.3 Å². The molecule has 29 heavy (non-hydrogen) atoms. The summed E-state index contributed by atoms with van der Waals surface area (Å²) in [5.41, 5.74) is 1.53. The number of hydrogen-bond donors (Lipinski definition) is 1. The summed E-state index contributed by atoms with van der Waals surface area (Å²) in [6.45, 7) is 1.59. The van der Waals surface area contributed by atoms with Gasteiger partial charge in [-0.1, -0.05) is 11.6 Å². The highest BCUT2D eigenvalue weighted by Gasteiger charge is 2.25. The first-order valence-electron chi connectivity index (χ1n) is 8.62. The second-order valence-corrected chi connectivity index (χ2v) is 9.12. The van der Waals surface area contributed by atoms with Gasteiger partial charge in [-0.05, 0) is 18.2 Å². The molecule has 1 aromatic heterocycles. The van der Waals surface area contributed by atoms with Crippen LogP contribution in [0.5, 0.6) is 5.75 Å². The molecule has 3 aromatic rings. The molecule has 0 atom stereocenters. The Labute approximate surface area is 170 Å². The van der Waals surface area contributed by atoms with E-state index in [0.29, 0.717) is 48.0 Å². The number of rotatable bonds is 3. The summed E-state index contributed by atoms with van der Waals surface area (Å²) < 4.78 is 57.2. The van der Waals surface area contributed by atoms with E-state index in [-0.39, 0.29) is 11.5 Å². The lowest BCUT2D eigenvalue weighted by molar-refractivity contribution is 0.388. The standard InChI is InChI=1S/C18H16ClF2N3O4S/c1-29(26,27)24-4-2-23(3-5-24)14-9-13-16(8-11(14)19)28-18(22-13)10-6-12(20)17(21)15(25)7-10/h6-9,25H,2-5H2,1H3. The average Bonchev–Trinajstić information content (AvgIpc) is 3.07. The zero-order valence-electron chi connectivity index (χ0n) is 15.2. The quantitative estimate of drug-likeness (QED) is 0.669. The molecule has 4 rings (SSSR count). The highest BCUT2D eigenvalue weighted by Crippen LogP contribution is 2.35. The summed E-state index contributed by atoms with van der Waals surface area (Å²) in [5.74, 6) is -3.40. The van der Waals surface area contributed by atoms with E-state index < -0.39 is 27.4 Å². The molecule has 0 bridgehead atoms. The third-order valence-corrected chi connectivity index (χ3v) is 6.37. The van der Waals surface area contributed by atoms with Gasteiger partial charge in [0.1, 0.15) is 5.52 Å². The molecular weight excluding hydrogens is 428 g/mol. The van der Waals surface area contributed by atoms with Crippen LogP contribution in [0.15, 0.2) is 28.7 Å². The van der Waals surface area contributed by atoms with Crippen LogP contribution in [0.4, 0.5) is 14.5 Å². The Morgan fingerprint density at radius 2 is 1.83 bits per heavy atom. The predicted octanol–water partition coefficient (Wildman–Crippen LogP) is 3.21. The second kappa shape index (κ2) is 7.12. The third-order valence-electron chi connectivity index (χ3n) is 4.76. The number of benzene rings is 2. The van der Waals surface area contributed by atoms with E-state index in [1.807, 2.05) is 4.90 Å². The van der Waals surface area contributed by atoms with Gasteiger partial charge in [0, 0.05) is 37.8 Å². The van der Waals surface area contributed by atoms with Gasteiger partial charge in [-0.15, -0.1) is 0 Å². The monoisotopic (exact) mass is 443 g/mol. The highest BCUT2D eigenvalue weighted by atomic mass is 35.5. The molecule has 1 aliphatic rings. The molecule has 1 saturated heterocycles. The number of fused-ring (bicyclic) bond motifs is 1. The van der Waals surface area contributed by atoms with Crippen LogP contribution in [-0.4, -0.2) is 55.2 Å². The van der Waals surface area contributed by atoms with E-state index in [2.05, 4.69) is 4.98 Å². The zero-order chi connectivity index (χ0) is 20.9. The van der Waals surface area contributed by atoms with Gasteiger partial charge < -0.3 is 14.4 Å². The minimum absolute atomic E-state index is 0.00399. The Morgan fingerprint density at radius 1 is 1.14 bits per heavy atom. The van der Waals surface area contributed by atoms with Gasteiger partial charge >= 0.3 is 0 Å². The Balaban J connectivity index is 1.66. The topological polar surface area (TPSA) is 86.9 Å². The fourth-order valence-corrected chi connectivity index (χ4v) is 4.36. The largest absolute Gasteiger partial charge is 0.505 e. The maximum Gasteiger partial charge on any atom is 0.227 e. The van der Waals surface area contributed by atoms with E-state index >= 15 is 0 Å². The van der Waals surface area contributed by atoms with Crippen molar-refractivity contribution in [3.63, 3.8) is 0 Å². The summed E-state index contributed by atoms with van der Waals surface area (Å²) in [4.78, 5) is 6.23. The van der Waals surface area contributed by atoms with E-state index in [1.54, 1.807) is 12.1 Å². The zero-order valence-corrected chi connectivity index (χ0v) is 16.8. The van der Waals surface area contributed by atoms with Crippen LogP contribution >= 0.6 is 11.6 Å². The van der Waals surface area contributed by atoms with Crippen LogP contribution in [0.1, 0.15) is 0 Å². The Hall–Kier alpha value is -2.43. The Kier molecular flexibility index (Phi) is 4.88. The number of sulfonamides is 1. The second-order valence-electron chi connectivity index (χ2n) is 6.73. The maximum absolute atomic E-state index is 13.6. The molecule has 154 valence electrons. The van der Waals surface area contributed by atoms with Crippen LogP contribution in [-0.2, 0) is 10.0 Å². The van der Waals surface area contributed by atoms with E-state index in [1.165, 1.54) is 10.6 Å². The minimum Gasteiger partial charge on any atom is -0.505 e. The van der Waals surface area contributed by atoms with Crippen LogP contribution in [0, 0.1) is 11.6 Å². The van der Waals surface area contributed by atoms with Gasteiger partial charge in [0.25, 0.3) is 0 Å². The average molecular weight is 444 g/mol. The van der Waals surface area contributed by atoms with Gasteiger partial charge in [-0.3, -0.25) is 0 Å². The van der Waals surface area contributed by atoms with Crippen molar-refractivity contribution in [2.45, 2.75) is 0 Å². The lowest BCUT2D eigenvalue weighted by Gasteiger charge is -2.35. The van der Waals surface area contributed by atoms with E-state index in [4.69, 9.17) is 16.0 Å². The lowest BCUT2D eigenvalue weighted by Crippen LogP contribution is -2.48. The number of halogens is 3. The lowest BCUT2D eigenvalue weighted by atomic mass is 10.2. The normalized spacial score (nSPS) is 15.9. The van der Waals surface area contributed by atoms with Crippen molar-refractivity contribution in [2.75, 3.05) is 37.3 Å². The van der Waals surface area contributed by atoms with Gasteiger partial charge in [0.05, 0.1) is 17.0 Å². The van der Waals surface area contributed by atoms with Crippen molar-refractivity contribution in [3.8, 4) is 17.2 Å². The fraction of sp³-hybridized carbons (Fsp3) is 0.278. The molecule has 1 fully saturated rings. The summed E-state index contributed by atoms with van der Waals surface area (Å²) in [7, 11) is -3.25. The summed E-state index contributed by atoms with van der Waals surface area (Å²) >= 11 is 6.38. The number of piperazine rings is 1. The molecule has 1 aliphatic heterocycles. The Morgan fingerprint density at radius 3 is 2.45 bits per heavy atom. The molecule has 11 heteroatoms. The summed E-state index contributed by atoms with van der Waals surface area (Å²) in [5, 5.41) is 9.89.